The maximum Gasteiger partial charge on any atom is 0.224 e. The zero-order valence-corrected chi connectivity index (χ0v) is 17.3. The number of ether oxygens (including phenoxy) is 1. The van der Waals surface area contributed by atoms with Gasteiger partial charge in [0.1, 0.15) is 5.65 Å². The first-order chi connectivity index (χ1) is 15.2. The highest BCUT2D eigenvalue weighted by Gasteiger charge is 2.22. The summed E-state index contributed by atoms with van der Waals surface area (Å²) in [6.07, 6.45) is 11.3. The molecule has 3 N–H and O–H groups in total. The smallest absolute Gasteiger partial charge is 0.224 e. The molecule has 5 rings (SSSR count). The highest BCUT2D eigenvalue weighted by Crippen LogP contribution is 2.30. The molecule has 1 saturated carbocycles. The van der Waals surface area contributed by atoms with Gasteiger partial charge in [0.2, 0.25) is 5.95 Å². The van der Waals surface area contributed by atoms with Crippen LogP contribution in [0, 0.1) is 5.82 Å². The van der Waals surface area contributed by atoms with Gasteiger partial charge in [0.05, 0.1) is 24.6 Å². The van der Waals surface area contributed by atoms with E-state index < -0.39 is 5.82 Å². The number of aromatic amines is 1. The maximum absolute atomic E-state index is 14.6. The van der Waals surface area contributed by atoms with Crippen molar-refractivity contribution in [2.75, 3.05) is 11.9 Å². The number of imidazole rings is 1. The zero-order valence-electron chi connectivity index (χ0n) is 17.3. The summed E-state index contributed by atoms with van der Waals surface area (Å²) in [5, 5.41) is 13.7. The lowest BCUT2D eigenvalue weighted by molar-refractivity contribution is 0.0346. The van der Waals surface area contributed by atoms with Gasteiger partial charge in [-0.25, -0.2) is 14.4 Å². The van der Waals surface area contributed by atoms with Gasteiger partial charge in [-0.2, -0.15) is 4.98 Å². The number of nitrogens with zero attached hydrogens (tertiary/aromatic N) is 4. The maximum atomic E-state index is 14.6. The van der Waals surface area contributed by atoms with Crippen molar-refractivity contribution in [2.24, 2.45) is 0 Å². The number of aliphatic hydroxyl groups excluding tert-OH is 1. The summed E-state index contributed by atoms with van der Waals surface area (Å²) in [5.41, 5.74) is 2.84. The molecule has 0 saturated heterocycles. The van der Waals surface area contributed by atoms with E-state index in [-0.39, 0.29) is 12.3 Å². The van der Waals surface area contributed by atoms with Crippen molar-refractivity contribution >= 4 is 22.6 Å². The first kappa shape index (κ1) is 19.9. The van der Waals surface area contributed by atoms with Crippen LogP contribution >= 0.6 is 0 Å². The molecule has 0 radical (unpaired) electrons. The predicted octanol–water partition coefficient (Wildman–Crippen LogP) is 3.66. The van der Waals surface area contributed by atoms with Gasteiger partial charge in [0, 0.05) is 47.8 Å². The summed E-state index contributed by atoms with van der Waals surface area (Å²) in [7, 11) is 0. The molecule has 0 atom stereocenters. The van der Waals surface area contributed by atoms with Crippen molar-refractivity contribution in [3.05, 3.63) is 42.4 Å². The highest BCUT2D eigenvalue weighted by atomic mass is 19.1. The summed E-state index contributed by atoms with van der Waals surface area (Å²) in [6, 6.07) is 1.77. The number of H-pyrrole nitrogens is 1. The molecule has 0 unspecified atom stereocenters. The SMILES string of the molecule is CCOC1CCC(Nc2ncc3c(-c4cc(F)c5ncc(CO)n5c4)c[nH]c3n2)CC1. The third-order valence-corrected chi connectivity index (χ3v) is 5.95. The number of pyridine rings is 1. The number of aromatic nitrogens is 5. The van der Waals surface area contributed by atoms with Gasteiger partial charge in [-0.3, -0.25) is 4.40 Å². The quantitative estimate of drug-likeness (QED) is 0.437. The fourth-order valence-electron chi connectivity index (χ4n) is 4.37. The lowest BCUT2D eigenvalue weighted by Gasteiger charge is -2.28. The molecule has 0 amide bonds. The monoisotopic (exact) mass is 424 g/mol. The summed E-state index contributed by atoms with van der Waals surface area (Å²) >= 11 is 0. The van der Waals surface area contributed by atoms with Crippen LogP contribution in [0.1, 0.15) is 38.3 Å². The molecule has 4 aromatic heterocycles. The van der Waals surface area contributed by atoms with Crippen LogP contribution in [0.15, 0.2) is 30.9 Å². The number of aliphatic hydroxyl groups is 1. The standard InChI is InChI=1S/C22H25FN6O2/c1-2-31-16-5-3-14(4-6-16)27-22-26-10-18-17(9-24-20(18)28-22)13-7-19(23)21-25-8-15(12-30)29(21)11-13/h7-11,14,16,30H,2-6,12H2,1H3,(H2,24,26,27,28). The molecule has 0 bridgehead atoms. The molecule has 1 aliphatic rings. The average molecular weight is 424 g/mol. The van der Waals surface area contributed by atoms with Crippen molar-refractivity contribution in [3.63, 3.8) is 0 Å². The van der Waals surface area contributed by atoms with Crippen molar-refractivity contribution in [1.82, 2.24) is 24.3 Å². The fourth-order valence-corrected chi connectivity index (χ4v) is 4.37. The Hall–Kier alpha value is -3.04. The van der Waals surface area contributed by atoms with Crippen molar-refractivity contribution < 1.29 is 14.2 Å². The van der Waals surface area contributed by atoms with Gasteiger partial charge in [-0.1, -0.05) is 0 Å². The van der Waals surface area contributed by atoms with Gasteiger partial charge >= 0.3 is 0 Å². The minimum absolute atomic E-state index is 0.189. The predicted molar refractivity (Wildman–Crippen MR) is 115 cm³/mol. The lowest BCUT2D eigenvalue weighted by atomic mass is 9.93. The molecule has 0 spiro atoms. The Morgan fingerprint density at radius 1 is 1.26 bits per heavy atom. The Labute approximate surface area is 178 Å². The van der Waals surface area contributed by atoms with E-state index in [1.165, 1.54) is 12.3 Å². The Balaban J connectivity index is 1.39. The van der Waals surface area contributed by atoms with Gasteiger partial charge < -0.3 is 20.1 Å². The first-order valence-corrected chi connectivity index (χ1v) is 10.6. The van der Waals surface area contributed by atoms with Crippen LogP contribution in [-0.2, 0) is 11.3 Å². The molecule has 162 valence electrons. The topological polar surface area (TPSA) is 100 Å². The van der Waals surface area contributed by atoms with Gasteiger partial charge in [-0.15, -0.1) is 0 Å². The van der Waals surface area contributed by atoms with Gasteiger partial charge in [0.15, 0.2) is 11.5 Å². The van der Waals surface area contributed by atoms with Crippen LogP contribution in [0.4, 0.5) is 10.3 Å². The van der Waals surface area contributed by atoms with Crippen LogP contribution in [-0.4, -0.2) is 48.2 Å². The molecule has 0 aromatic carbocycles. The molecule has 1 aliphatic carbocycles. The third-order valence-electron chi connectivity index (χ3n) is 5.95. The van der Waals surface area contributed by atoms with E-state index >= 15 is 0 Å². The van der Waals surface area contributed by atoms with E-state index in [0.717, 1.165) is 43.2 Å². The van der Waals surface area contributed by atoms with Crippen LogP contribution in [0.3, 0.4) is 0 Å². The minimum Gasteiger partial charge on any atom is -0.390 e. The van der Waals surface area contributed by atoms with Crippen molar-refractivity contribution in [1.29, 1.82) is 0 Å². The van der Waals surface area contributed by atoms with Gasteiger partial charge in [-0.05, 0) is 38.7 Å². The molecular weight excluding hydrogens is 399 g/mol. The summed E-state index contributed by atoms with van der Waals surface area (Å²) in [4.78, 5) is 16.3. The third kappa shape index (κ3) is 3.75. The second-order valence-corrected chi connectivity index (χ2v) is 7.91. The Kier molecular flexibility index (Phi) is 5.29. The number of hydrogen-bond donors (Lipinski definition) is 3. The molecule has 4 heterocycles. The second-order valence-electron chi connectivity index (χ2n) is 7.91. The van der Waals surface area contributed by atoms with Gasteiger partial charge in [0.25, 0.3) is 0 Å². The van der Waals surface area contributed by atoms with E-state index in [4.69, 9.17) is 4.74 Å². The Morgan fingerprint density at radius 3 is 2.87 bits per heavy atom. The normalized spacial score (nSPS) is 19.3. The molecule has 0 aliphatic heterocycles. The van der Waals surface area contributed by atoms with E-state index in [9.17, 15) is 9.50 Å². The highest BCUT2D eigenvalue weighted by molar-refractivity contribution is 5.93. The van der Waals surface area contributed by atoms with Crippen molar-refractivity contribution in [2.45, 2.75) is 51.4 Å². The zero-order chi connectivity index (χ0) is 21.4. The van der Waals surface area contributed by atoms with E-state index in [1.54, 1.807) is 23.0 Å². The summed E-state index contributed by atoms with van der Waals surface area (Å²) < 4.78 is 21.8. The van der Waals surface area contributed by atoms with Crippen LogP contribution < -0.4 is 5.32 Å². The largest absolute Gasteiger partial charge is 0.390 e. The summed E-state index contributed by atoms with van der Waals surface area (Å²) in [6.45, 7) is 2.57. The average Bonchev–Trinajstić information content (AvgIpc) is 3.39. The molecular formula is C22H25FN6O2. The van der Waals surface area contributed by atoms with Crippen LogP contribution in [0.2, 0.25) is 0 Å². The molecule has 1 fully saturated rings. The molecule has 4 aromatic rings. The number of nitrogens with one attached hydrogen (secondary N) is 2. The number of fused-ring (bicyclic) bond motifs is 2. The molecule has 31 heavy (non-hydrogen) atoms. The number of hydrogen-bond acceptors (Lipinski definition) is 6. The number of rotatable bonds is 6. The fraction of sp³-hybridized carbons (Fsp3) is 0.409. The van der Waals surface area contributed by atoms with E-state index in [2.05, 4.69) is 25.3 Å². The van der Waals surface area contributed by atoms with Crippen molar-refractivity contribution in [3.8, 4) is 11.1 Å². The van der Waals surface area contributed by atoms with E-state index in [0.29, 0.717) is 35.0 Å². The Morgan fingerprint density at radius 2 is 2.10 bits per heavy atom. The number of anilines is 1. The number of halogens is 1. The van der Waals surface area contributed by atoms with Crippen LogP contribution in [0.5, 0.6) is 0 Å². The lowest BCUT2D eigenvalue weighted by Crippen LogP contribution is -2.30. The van der Waals surface area contributed by atoms with Crippen LogP contribution in [0.25, 0.3) is 27.8 Å². The first-order valence-electron chi connectivity index (χ1n) is 10.6. The summed E-state index contributed by atoms with van der Waals surface area (Å²) in [5.74, 6) is 0.132. The Bertz CT molecular complexity index is 1210. The molecule has 9 heteroatoms. The van der Waals surface area contributed by atoms with E-state index in [1.807, 2.05) is 6.92 Å². The molecule has 8 nitrogen and oxygen atoms in total. The minimum atomic E-state index is -0.451. The second kappa shape index (κ2) is 8.24.